The minimum Gasteiger partial charge on any atom is -0.479 e. The standard InChI is InChI=1S/C13H22O26S5/c14-7-9(38-43(26,27)28)11(39-44(29,30)31)13(37-10(7)12(15)16)36-8-4(1-32-40(17,18)19)5(2-33-41(20,21)22)35-6(8)3-34-42(23,24)25/h4-11,13-14H,1-3H2,(H,15,16)(H,17,18,19)(H,20,21,22)(H,23,24,25)(H,26,27,28)(H,29,30,31). The predicted octanol–water partition coefficient (Wildman–Crippen LogP) is -5.24. The van der Waals surface area contributed by atoms with E-state index in [-0.39, 0.29) is 0 Å². The molecule has 260 valence electrons. The first kappa shape index (κ1) is 38.8. The zero-order valence-electron chi connectivity index (χ0n) is 20.7. The van der Waals surface area contributed by atoms with Crippen molar-refractivity contribution in [2.24, 2.45) is 5.92 Å². The second-order valence-corrected chi connectivity index (χ2v) is 13.7. The third-order valence-electron chi connectivity index (χ3n) is 5.31. The number of aliphatic hydroxyl groups is 1. The van der Waals surface area contributed by atoms with Crippen LogP contribution >= 0.6 is 0 Å². The highest BCUT2D eigenvalue weighted by molar-refractivity contribution is 7.81. The Morgan fingerprint density at radius 2 is 1.02 bits per heavy atom. The van der Waals surface area contributed by atoms with Crippen LogP contribution in [0.4, 0.5) is 0 Å². The van der Waals surface area contributed by atoms with Crippen molar-refractivity contribution in [2.45, 2.75) is 49.0 Å². The van der Waals surface area contributed by atoms with Crippen molar-refractivity contribution >= 4 is 58.0 Å². The van der Waals surface area contributed by atoms with Crippen molar-refractivity contribution in [1.29, 1.82) is 0 Å². The smallest absolute Gasteiger partial charge is 0.397 e. The SMILES string of the molecule is O=C(O)C1OC(OC2C(COS(=O)(=O)O)OC(COS(=O)(=O)O)C2COS(=O)(=O)O)C(OS(=O)(=O)O)C(OS(=O)(=O)O)C1O. The molecule has 9 atom stereocenters. The fraction of sp³-hybridized carbons (Fsp3) is 0.923. The Morgan fingerprint density at radius 1 is 0.591 bits per heavy atom. The minimum absolute atomic E-state index is 1.29. The molecular weight excluding hydrogens is 732 g/mol. The molecule has 0 aromatic carbocycles. The molecule has 44 heavy (non-hydrogen) atoms. The van der Waals surface area contributed by atoms with Crippen LogP contribution < -0.4 is 0 Å². The lowest BCUT2D eigenvalue weighted by Gasteiger charge is -2.42. The third-order valence-corrected chi connectivity index (χ3v) is 7.54. The molecule has 0 aromatic heterocycles. The summed E-state index contributed by atoms with van der Waals surface area (Å²) >= 11 is 0. The minimum atomic E-state index is -5.76. The average molecular weight is 755 g/mol. The lowest BCUT2D eigenvalue weighted by molar-refractivity contribution is -0.301. The first-order valence-corrected chi connectivity index (χ1v) is 17.5. The van der Waals surface area contributed by atoms with Gasteiger partial charge in [0.25, 0.3) is 0 Å². The molecule has 0 bridgehead atoms. The van der Waals surface area contributed by atoms with Gasteiger partial charge in [-0.25, -0.2) is 25.7 Å². The summed E-state index contributed by atoms with van der Waals surface area (Å²) < 4.78 is 194. The van der Waals surface area contributed by atoms with Crippen molar-refractivity contribution in [2.75, 3.05) is 19.8 Å². The Hall–Kier alpha value is -1.34. The molecule has 9 unspecified atom stereocenters. The Bertz CT molecular complexity index is 1570. The monoisotopic (exact) mass is 754 g/mol. The summed E-state index contributed by atoms with van der Waals surface area (Å²) in [4.78, 5) is 11.7. The van der Waals surface area contributed by atoms with Crippen LogP contribution in [-0.4, -0.2) is 150 Å². The van der Waals surface area contributed by atoms with Crippen LogP contribution in [0.15, 0.2) is 0 Å². The van der Waals surface area contributed by atoms with Crippen LogP contribution in [0.5, 0.6) is 0 Å². The zero-order chi connectivity index (χ0) is 34.1. The van der Waals surface area contributed by atoms with Gasteiger partial charge in [-0.05, 0) is 0 Å². The molecule has 0 saturated carbocycles. The first-order chi connectivity index (χ1) is 19.7. The Balaban J connectivity index is 2.65. The van der Waals surface area contributed by atoms with E-state index < -0.39 is 133 Å². The van der Waals surface area contributed by atoms with Crippen LogP contribution in [0, 0.1) is 5.92 Å². The van der Waals surface area contributed by atoms with Gasteiger partial charge in [0.2, 0.25) is 0 Å². The normalized spacial score (nSPS) is 32.5. The van der Waals surface area contributed by atoms with Crippen LogP contribution in [-0.2, 0) is 91.9 Å². The molecule has 31 heteroatoms. The summed E-state index contributed by atoms with van der Waals surface area (Å²) in [5, 5.41) is 19.7. The summed E-state index contributed by atoms with van der Waals surface area (Å²) in [7, 11) is -27.4. The molecule has 2 aliphatic heterocycles. The van der Waals surface area contributed by atoms with Crippen LogP contribution in [0.1, 0.15) is 0 Å². The van der Waals surface area contributed by atoms with Crippen LogP contribution in [0.2, 0.25) is 0 Å². The Kier molecular flexibility index (Phi) is 12.5. The maximum absolute atomic E-state index is 11.7. The molecule has 2 aliphatic rings. The number of hydrogen-bond donors (Lipinski definition) is 7. The van der Waals surface area contributed by atoms with E-state index in [4.69, 9.17) is 32.4 Å². The Labute approximate surface area is 247 Å². The summed E-state index contributed by atoms with van der Waals surface area (Å²) in [6.07, 6.45) is -19.9. The number of carboxylic acids is 1. The number of aliphatic hydroxyl groups excluding tert-OH is 1. The van der Waals surface area contributed by atoms with Gasteiger partial charge in [-0.15, -0.1) is 0 Å². The predicted molar refractivity (Wildman–Crippen MR) is 125 cm³/mol. The van der Waals surface area contributed by atoms with Crippen molar-refractivity contribution in [3.63, 3.8) is 0 Å². The van der Waals surface area contributed by atoms with Gasteiger partial charge in [-0.2, -0.15) is 42.1 Å². The lowest BCUT2D eigenvalue weighted by atomic mass is 9.96. The van der Waals surface area contributed by atoms with Gasteiger partial charge < -0.3 is 24.4 Å². The highest BCUT2D eigenvalue weighted by atomic mass is 32.3. The lowest BCUT2D eigenvalue weighted by Crippen LogP contribution is -2.63. The van der Waals surface area contributed by atoms with Gasteiger partial charge in [0.05, 0.1) is 32.0 Å². The first-order valence-electron chi connectivity index (χ1n) is 10.7. The molecule has 26 nitrogen and oxygen atoms in total. The number of carboxylic acid groups (broad SMARTS) is 1. The quantitative estimate of drug-likeness (QED) is 0.0724. The van der Waals surface area contributed by atoms with Crippen molar-refractivity contribution in [3.05, 3.63) is 0 Å². The van der Waals surface area contributed by atoms with Gasteiger partial charge in [-0.1, -0.05) is 0 Å². The van der Waals surface area contributed by atoms with E-state index in [1.54, 1.807) is 0 Å². The van der Waals surface area contributed by atoms with Gasteiger partial charge in [0.1, 0.15) is 18.3 Å². The Morgan fingerprint density at radius 3 is 1.45 bits per heavy atom. The third kappa shape index (κ3) is 12.8. The molecule has 0 radical (unpaired) electrons. The van der Waals surface area contributed by atoms with Gasteiger partial charge in [0.15, 0.2) is 18.5 Å². The fourth-order valence-corrected chi connectivity index (χ4v) is 5.76. The highest BCUT2D eigenvalue weighted by Gasteiger charge is 2.56. The molecular formula is C13H22O26S5. The number of carbonyl (C=O) groups is 1. The van der Waals surface area contributed by atoms with Crippen molar-refractivity contribution in [3.8, 4) is 0 Å². The number of ether oxygens (including phenoxy) is 3. The maximum atomic E-state index is 11.7. The highest BCUT2D eigenvalue weighted by Crippen LogP contribution is 2.36. The zero-order valence-corrected chi connectivity index (χ0v) is 24.8. The summed E-state index contributed by atoms with van der Waals surface area (Å²) in [6, 6.07) is 0. The van der Waals surface area contributed by atoms with E-state index in [0.29, 0.717) is 0 Å². The number of hydrogen-bond acceptors (Lipinski definition) is 20. The van der Waals surface area contributed by atoms with Crippen LogP contribution in [0.3, 0.4) is 0 Å². The van der Waals surface area contributed by atoms with E-state index in [9.17, 15) is 61.6 Å². The maximum Gasteiger partial charge on any atom is 0.397 e. The van der Waals surface area contributed by atoms with Crippen LogP contribution in [0.25, 0.3) is 0 Å². The summed E-state index contributed by atoms with van der Waals surface area (Å²) in [5.41, 5.74) is 0. The van der Waals surface area contributed by atoms with E-state index in [0.717, 1.165) is 0 Å². The van der Waals surface area contributed by atoms with E-state index in [1.165, 1.54) is 0 Å². The molecule has 0 amide bonds. The second kappa shape index (κ2) is 14.2. The largest absolute Gasteiger partial charge is 0.479 e. The summed E-state index contributed by atoms with van der Waals surface area (Å²) in [5.74, 6) is -4.04. The molecule has 2 fully saturated rings. The van der Waals surface area contributed by atoms with Gasteiger partial charge in [0, 0.05) is 5.92 Å². The molecule has 2 rings (SSSR count). The molecule has 7 N–H and O–H groups in total. The van der Waals surface area contributed by atoms with Gasteiger partial charge in [-0.3, -0.25) is 22.8 Å². The fourth-order valence-electron chi connectivity index (χ4n) is 3.83. The molecule has 2 saturated heterocycles. The number of aliphatic carboxylic acids is 1. The summed E-state index contributed by atoms with van der Waals surface area (Å²) in [6.45, 7) is -4.00. The second-order valence-electron chi connectivity index (χ2n) is 8.35. The van der Waals surface area contributed by atoms with Gasteiger partial charge >= 0.3 is 58.0 Å². The molecule has 2 heterocycles. The van der Waals surface area contributed by atoms with Crippen molar-refractivity contribution < 1.29 is 115 Å². The van der Waals surface area contributed by atoms with E-state index >= 15 is 0 Å². The molecule has 0 aliphatic carbocycles. The van der Waals surface area contributed by atoms with E-state index in [1.807, 2.05) is 0 Å². The molecule has 0 spiro atoms. The topological polar surface area (TPSA) is 403 Å². The van der Waals surface area contributed by atoms with E-state index in [2.05, 4.69) is 20.9 Å². The van der Waals surface area contributed by atoms with Crippen molar-refractivity contribution in [1.82, 2.24) is 0 Å². The molecule has 0 aromatic rings. The number of rotatable bonds is 16. The average Bonchev–Trinajstić information content (AvgIpc) is 3.12.